The van der Waals surface area contributed by atoms with Crippen LogP contribution < -0.4 is 0 Å². The predicted molar refractivity (Wildman–Crippen MR) is 125 cm³/mol. The van der Waals surface area contributed by atoms with E-state index in [2.05, 4.69) is 0 Å². The SMILES string of the molecule is CN(C(=O)C1CCN(S(=O)(=O)c2ccccc2)CC1)C(c1ccccc1)c1ccc(F)cc1. The van der Waals surface area contributed by atoms with Crippen molar-refractivity contribution in [2.45, 2.75) is 23.8 Å². The molecule has 1 amide bonds. The molecule has 1 aliphatic heterocycles. The van der Waals surface area contributed by atoms with Crippen LogP contribution in [0.2, 0.25) is 0 Å². The summed E-state index contributed by atoms with van der Waals surface area (Å²) in [5, 5.41) is 0. The predicted octanol–water partition coefficient (Wildman–Crippen LogP) is 4.47. The van der Waals surface area contributed by atoms with E-state index in [1.165, 1.54) is 16.4 Å². The highest BCUT2D eigenvalue weighted by Crippen LogP contribution is 2.32. The van der Waals surface area contributed by atoms with Crippen LogP contribution in [0.1, 0.15) is 30.0 Å². The zero-order chi connectivity index (χ0) is 23.4. The van der Waals surface area contributed by atoms with E-state index in [-0.39, 0.29) is 28.6 Å². The zero-order valence-electron chi connectivity index (χ0n) is 18.5. The van der Waals surface area contributed by atoms with Crippen molar-refractivity contribution in [3.63, 3.8) is 0 Å². The van der Waals surface area contributed by atoms with Crippen LogP contribution in [0.3, 0.4) is 0 Å². The zero-order valence-corrected chi connectivity index (χ0v) is 19.3. The molecule has 1 atom stereocenters. The fourth-order valence-electron chi connectivity index (χ4n) is 4.42. The number of hydrogen-bond donors (Lipinski definition) is 0. The molecule has 0 radical (unpaired) electrons. The number of nitrogens with zero attached hydrogens (tertiary/aromatic N) is 2. The number of halogens is 1. The second kappa shape index (κ2) is 9.85. The molecular formula is C26H27FN2O3S. The van der Waals surface area contributed by atoms with Crippen LogP contribution in [-0.2, 0) is 14.8 Å². The fraction of sp³-hybridized carbons (Fsp3) is 0.269. The van der Waals surface area contributed by atoms with Gasteiger partial charge in [0.25, 0.3) is 0 Å². The molecule has 1 heterocycles. The number of piperidine rings is 1. The molecule has 0 spiro atoms. The summed E-state index contributed by atoms with van der Waals surface area (Å²) in [4.78, 5) is 15.4. The Morgan fingerprint density at radius 1 is 0.879 bits per heavy atom. The average Bonchev–Trinajstić information content (AvgIpc) is 2.86. The standard InChI is InChI=1S/C26H27FN2O3S/c1-28(25(20-8-4-2-5-9-20)21-12-14-23(27)15-13-21)26(30)22-16-18-29(19-17-22)33(31,32)24-10-6-3-7-11-24/h2-15,22,25H,16-19H2,1H3. The van der Waals surface area contributed by atoms with Gasteiger partial charge >= 0.3 is 0 Å². The first-order chi connectivity index (χ1) is 15.9. The van der Waals surface area contributed by atoms with E-state index in [0.29, 0.717) is 25.9 Å². The van der Waals surface area contributed by atoms with Crippen molar-refractivity contribution in [1.82, 2.24) is 9.21 Å². The Bertz CT molecular complexity index is 1180. The number of benzene rings is 3. The van der Waals surface area contributed by atoms with Crippen LogP contribution in [-0.4, -0.2) is 43.7 Å². The Hall–Kier alpha value is -3.03. The van der Waals surface area contributed by atoms with Crippen LogP contribution in [0.5, 0.6) is 0 Å². The molecule has 3 aromatic carbocycles. The van der Waals surface area contributed by atoms with E-state index >= 15 is 0 Å². The minimum atomic E-state index is -3.56. The topological polar surface area (TPSA) is 57.7 Å². The number of carbonyl (C=O) groups is 1. The number of carbonyl (C=O) groups excluding carboxylic acids is 1. The average molecular weight is 467 g/mol. The summed E-state index contributed by atoms with van der Waals surface area (Å²) >= 11 is 0. The molecule has 0 aromatic heterocycles. The second-order valence-electron chi connectivity index (χ2n) is 8.31. The van der Waals surface area contributed by atoms with Gasteiger partial charge in [-0.15, -0.1) is 0 Å². The van der Waals surface area contributed by atoms with Crippen molar-refractivity contribution in [3.05, 3.63) is 102 Å². The minimum absolute atomic E-state index is 0.0371. The third-order valence-corrected chi connectivity index (χ3v) is 8.13. The van der Waals surface area contributed by atoms with Crippen LogP contribution in [0.4, 0.5) is 4.39 Å². The first kappa shape index (κ1) is 23.1. The first-order valence-electron chi connectivity index (χ1n) is 11.0. The molecule has 3 aromatic rings. The van der Waals surface area contributed by atoms with Gasteiger partial charge in [-0.2, -0.15) is 4.31 Å². The number of rotatable bonds is 6. The first-order valence-corrected chi connectivity index (χ1v) is 12.4. The normalized spacial score (nSPS) is 16.3. The van der Waals surface area contributed by atoms with E-state index in [4.69, 9.17) is 0 Å². The maximum atomic E-state index is 13.5. The summed E-state index contributed by atoms with van der Waals surface area (Å²) in [5.74, 6) is -0.639. The van der Waals surface area contributed by atoms with Crippen LogP contribution in [0.15, 0.2) is 89.8 Å². The number of hydrogen-bond acceptors (Lipinski definition) is 3. The van der Waals surface area contributed by atoms with Crippen molar-refractivity contribution in [2.75, 3.05) is 20.1 Å². The van der Waals surface area contributed by atoms with Gasteiger partial charge in [0.2, 0.25) is 15.9 Å². The Morgan fingerprint density at radius 3 is 1.97 bits per heavy atom. The summed E-state index contributed by atoms with van der Waals surface area (Å²) in [6, 6.07) is 23.9. The van der Waals surface area contributed by atoms with Gasteiger partial charge in [-0.05, 0) is 48.2 Å². The molecule has 1 aliphatic rings. The van der Waals surface area contributed by atoms with Gasteiger partial charge in [-0.1, -0.05) is 60.7 Å². The summed E-state index contributed by atoms with van der Waals surface area (Å²) < 4.78 is 40.8. The van der Waals surface area contributed by atoms with Crippen LogP contribution >= 0.6 is 0 Å². The fourth-order valence-corrected chi connectivity index (χ4v) is 5.91. The van der Waals surface area contributed by atoms with Crippen molar-refractivity contribution in [3.8, 4) is 0 Å². The Balaban J connectivity index is 1.50. The molecular weight excluding hydrogens is 439 g/mol. The molecule has 172 valence electrons. The lowest BCUT2D eigenvalue weighted by Gasteiger charge is -2.36. The Kier molecular flexibility index (Phi) is 6.91. The smallest absolute Gasteiger partial charge is 0.243 e. The van der Waals surface area contributed by atoms with Gasteiger partial charge in [0, 0.05) is 26.1 Å². The van der Waals surface area contributed by atoms with Crippen molar-refractivity contribution >= 4 is 15.9 Å². The third kappa shape index (κ3) is 4.99. The van der Waals surface area contributed by atoms with Gasteiger partial charge in [0.05, 0.1) is 10.9 Å². The summed E-state index contributed by atoms with van der Waals surface area (Å²) in [6.45, 7) is 0.599. The lowest BCUT2D eigenvalue weighted by atomic mass is 9.92. The molecule has 0 aliphatic carbocycles. The third-order valence-electron chi connectivity index (χ3n) is 6.22. The van der Waals surface area contributed by atoms with Gasteiger partial charge < -0.3 is 4.90 Å². The molecule has 1 unspecified atom stereocenters. The molecule has 33 heavy (non-hydrogen) atoms. The number of amides is 1. The van der Waals surface area contributed by atoms with Crippen molar-refractivity contribution in [2.24, 2.45) is 5.92 Å². The maximum absolute atomic E-state index is 13.5. The summed E-state index contributed by atoms with van der Waals surface area (Å²) in [5.41, 5.74) is 1.76. The van der Waals surface area contributed by atoms with Crippen LogP contribution in [0.25, 0.3) is 0 Å². The van der Waals surface area contributed by atoms with E-state index in [1.807, 2.05) is 30.3 Å². The molecule has 4 rings (SSSR count). The number of sulfonamides is 1. The van der Waals surface area contributed by atoms with Gasteiger partial charge in [-0.3, -0.25) is 4.79 Å². The Labute approximate surface area is 194 Å². The lowest BCUT2D eigenvalue weighted by Crippen LogP contribution is -2.44. The maximum Gasteiger partial charge on any atom is 0.243 e. The molecule has 7 heteroatoms. The van der Waals surface area contributed by atoms with Gasteiger partial charge in [0.1, 0.15) is 5.82 Å². The van der Waals surface area contributed by atoms with E-state index in [1.54, 1.807) is 54.4 Å². The molecule has 0 saturated carbocycles. The van der Waals surface area contributed by atoms with Crippen molar-refractivity contribution < 1.29 is 17.6 Å². The van der Waals surface area contributed by atoms with Crippen molar-refractivity contribution in [1.29, 1.82) is 0 Å². The molecule has 1 fully saturated rings. The quantitative estimate of drug-likeness (QED) is 0.539. The second-order valence-corrected chi connectivity index (χ2v) is 10.2. The summed E-state index contributed by atoms with van der Waals surface area (Å²) in [6.07, 6.45) is 0.917. The monoisotopic (exact) mass is 466 g/mol. The molecule has 0 bridgehead atoms. The highest BCUT2D eigenvalue weighted by molar-refractivity contribution is 7.89. The largest absolute Gasteiger partial charge is 0.334 e. The highest BCUT2D eigenvalue weighted by atomic mass is 32.2. The van der Waals surface area contributed by atoms with E-state index < -0.39 is 10.0 Å². The summed E-state index contributed by atoms with van der Waals surface area (Å²) in [7, 11) is -1.80. The molecule has 1 saturated heterocycles. The van der Waals surface area contributed by atoms with E-state index in [9.17, 15) is 17.6 Å². The Morgan fingerprint density at radius 2 is 1.39 bits per heavy atom. The van der Waals surface area contributed by atoms with Crippen LogP contribution in [0, 0.1) is 11.7 Å². The minimum Gasteiger partial charge on any atom is -0.334 e. The molecule has 5 nitrogen and oxygen atoms in total. The van der Waals surface area contributed by atoms with Gasteiger partial charge in [0.15, 0.2) is 0 Å². The molecule has 0 N–H and O–H groups in total. The van der Waals surface area contributed by atoms with E-state index in [0.717, 1.165) is 11.1 Å². The highest BCUT2D eigenvalue weighted by Gasteiger charge is 2.35. The lowest BCUT2D eigenvalue weighted by molar-refractivity contribution is -0.137. The van der Waals surface area contributed by atoms with Gasteiger partial charge in [-0.25, -0.2) is 12.8 Å².